The molecule has 2 fully saturated rings. The Labute approximate surface area is 195 Å². The number of hydrogen-bond donors (Lipinski definition) is 0. The minimum Gasteiger partial charge on any atom is -0.378 e. The van der Waals surface area contributed by atoms with Crippen molar-refractivity contribution in [3.05, 3.63) is 72.9 Å². The van der Waals surface area contributed by atoms with Gasteiger partial charge in [-0.2, -0.15) is 5.10 Å². The molecule has 0 spiro atoms. The maximum absolute atomic E-state index is 14.4. The van der Waals surface area contributed by atoms with E-state index in [1.807, 2.05) is 30.5 Å². The Morgan fingerprint density at radius 2 is 1.59 bits per heavy atom. The number of halogens is 1. The van der Waals surface area contributed by atoms with E-state index in [0.717, 1.165) is 41.1 Å². The number of amides is 2. The Morgan fingerprint density at radius 3 is 2.44 bits per heavy atom. The Morgan fingerprint density at radius 1 is 0.824 bits per heavy atom. The number of carbonyl (C=O) groups excluding carboxylic acids is 1. The van der Waals surface area contributed by atoms with Gasteiger partial charge in [0.25, 0.3) is 0 Å². The largest absolute Gasteiger partial charge is 0.378 e. The van der Waals surface area contributed by atoms with Crippen LogP contribution in [0.1, 0.15) is 0 Å². The van der Waals surface area contributed by atoms with Crippen LogP contribution in [0.3, 0.4) is 0 Å². The fraction of sp³-hybridized carbons (Fsp3) is 0.240. The summed E-state index contributed by atoms with van der Waals surface area (Å²) in [6.07, 6.45) is 5.24. The molecule has 2 aliphatic rings. The number of pyridine rings is 1. The number of morpholine rings is 1. The van der Waals surface area contributed by atoms with Crippen LogP contribution in [-0.4, -0.2) is 60.2 Å². The van der Waals surface area contributed by atoms with E-state index < -0.39 is 0 Å². The van der Waals surface area contributed by atoms with E-state index in [1.54, 1.807) is 45.1 Å². The Kier molecular flexibility index (Phi) is 5.10. The van der Waals surface area contributed by atoms with Crippen LogP contribution in [-0.2, 0) is 4.74 Å². The van der Waals surface area contributed by atoms with E-state index in [2.05, 4.69) is 15.0 Å². The third kappa shape index (κ3) is 3.45. The SMILES string of the molecule is O=C1N(c2cncc(N3CCOCC3)c2)CCN1c1cccc2c1cnn2-c1ccccc1F. The molecule has 4 aromatic rings. The van der Waals surface area contributed by atoms with Gasteiger partial charge in [-0.15, -0.1) is 0 Å². The first-order valence-electron chi connectivity index (χ1n) is 11.3. The van der Waals surface area contributed by atoms with E-state index >= 15 is 0 Å². The average molecular weight is 458 g/mol. The van der Waals surface area contributed by atoms with Crippen LogP contribution in [0.2, 0.25) is 0 Å². The van der Waals surface area contributed by atoms with Gasteiger partial charge in [0.15, 0.2) is 0 Å². The molecule has 0 N–H and O–H groups in total. The van der Waals surface area contributed by atoms with Crippen LogP contribution in [0.15, 0.2) is 67.1 Å². The minimum atomic E-state index is -0.353. The van der Waals surface area contributed by atoms with Crippen molar-refractivity contribution < 1.29 is 13.9 Å². The molecule has 172 valence electrons. The summed E-state index contributed by atoms with van der Waals surface area (Å²) in [5.74, 6) is -0.353. The first kappa shape index (κ1) is 20.6. The molecule has 8 nitrogen and oxygen atoms in total. The number of para-hydroxylation sites is 1. The molecule has 0 saturated carbocycles. The highest BCUT2D eigenvalue weighted by atomic mass is 19.1. The van der Waals surface area contributed by atoms with Crippen LogP contribution in [0, 0.1) is 5.82 Å². The van der Waals surface area contributed by atoms with Gasteiger partial charge in [0.1, 0.15) is 11.5 Å². The monoisotopic (exact) mass is 458 g/mol. The van der Waals surface area contributed by atoms with E-state index in [4.69, 9.17) is 4.74 Å². The predicted molar refractivity (Wildman–Crippen MR) is 128 cm³/mol. The molecule has 34 heavy (non-hydrogen) atoms. The number of fused-ring (bicyclic) bond motifs is 1. The van der Waals surface area contributed by atoms with Crippen molar-refractivity contribution in [3.63, 3.8) is 0 Å². The lowest BCUT2D eigenvalue weighted by molar-refractivity contribution is 0.122. The summed E-state index contributed by atoms with van der Waals surface area (Å²) in [6.45, 7) is 4.06. The Hall–Kier alpha value is -3.98. The lowest BCUT2D eigenvalue weighted by Crippen LogP contribution is -2.36. The van der Waals surface area contributed by atoms with Crippen LogP contribution in [0.4, 0.5) is 26.2 Å². The second-order valence-corrected chi connectivity index (χ2v) is 8.30. The average Bonchev–Trinajstić information content (AvgIpc) is 3.49. The first-order valence-corrected chi connectivity index (χ1v) is 11.3. The molecule has 2 aromatic carbocycles. The Balaban J connectivity index is 1.31. The number of hydrogen-bond acceptors (Lipinski definition) is 5. The highest BCUT2D eigenvalue weighted by molar-refractivity contribution is 6.10. The van der Waals surface area contributed by atoms with E-state index in [0.29, 0.717) is 32.0 Å². The molecule has 0 bridgehead atoms. The molecule has 2 aliphatic heterocycles. The van der Waals surface area contributed by atoms with Gasteiger partial charge in [0.05, 0.1) is 54.4 Å². The van der Waals surface area contributed by atoms with Gasteiger partial charge in [0, 0.05) is 31.6 Å². The van der Waals surface area contributed by atoms with Gasteiger partial charge >= 0.3 is 6.03 Å². The van der Waals surface area contributed by atoms with Crippen molar-refractivity contribution in [1.29, 1.82) is 0 Å². The first-order chi connectivity index (χ1) is 16.7. The molecule has 2 saturated heterocycles. The fourth-order valence-corrected chi connectivity index (χ4v) is 4.64. The zero-order chi connectivity index (χ0) is 23.1. The topological polar surface area (TPSA) is 66.7 Å². The van der Waals surface area contributed by atoms with Gasteiger partial charge < -0.3 is 9.64 Å². The molecule has 0 unspecified atom stereocenters. The molecule has 6 rings (SSSR count). The van der Waals surface area contributed by atoms with E-state index in [1.165, 1.54) is 6.07 Å². The predicted octanol–water partition coefficient (Wildman–Crippen LogP) is 3.84. The van der Waals surface area contributed by atoms with Gasteiger partial charge in [-0.05, 0) is 30.3 Å². The third-order valence-corrected chi connectivity index (χ3v) is 6.37. The van der Waals surface area contributed by atoms with Crippen molar-refractivity contribution in [2.24, 2.45) is 0 Å². The number of carbonyl (C=O) groups is 1. The summed E-state index contributed by atoms with van der Waals surface area (Å²) in [6, 6.07) is 14.1. The van der Waals surface area contributed by atoms with E-state index in [-0.39, 0.29) is 11.8 Å². The van der Waals surface area contributed by atoms with Crippen LogP contribution >= 0.6 is 0 Å². The molecule has 9 heteroatoms. The molecule has 2 aromatic heterocycles. The minimum absolute atomic E-state index is 0.118. The highest BCUT2D eigenvalue weighted by Gasteiger charge is 2.32. The second kappa shape index (κ2) is 8.42. The van der Waals surface area contributed by atoms with Gasteiger partial charge in [-0.25, -0.2) is 13.9 Å². The molecule has 4 heterocycles. The molecule has 0 aliphatic carbocycles. The quantitative estimate of drug-likeness (QED) is 0.465. The third-order valence-electron chi connectivity index (χ3n) is 6.37. The van der Waals surface area contributed by atoms with Gasteiger partial charge in [-0.1, -0.05) is 18.2 Å². The number of anilines is 3. The number of benzene rings is 2. The second-order valence-electron chi connectivity index (χ2n) is 8.30. The summed E-state index contributed by atoms with van der Waals surface area (Å²) in [4.78, 5) is 23.6. The lowest BCUT2D eigenvalue weighted by atomic mass is 10.2. The van der Waals surface area contributed by atoms with Crippen molar-refractivity contribution in [3.8, 4) is 5.69 Å². The molecular weight excluding hydrogens is 435 g/mol. The summed E-state index contributed by atoms with van der Waals surface area (Å²) < 4.78 is 21.4. The summed E-state index contributed by atoms with van der Waals surface area (Å²) in [5.41, 5.74) is 3.62. The Bertz CT molecular complexity index is 1370. The normalized spacial score (nSPS) is 16.6. The molecule has 0 atom stereocenters. The number of rotatable bonds is 4. The summed E-state index contributed by atoms with van der Waals surface area (Å²) in [5, 5.41) is 5.22. The molecular formula is C25H23FN6O2. The van der Waals surface area contributed by atoms with Crippen molar-refractivity contribution in [2.75, 3.05) is 54.1 Å². The van der Waals surface area contributed by atoms with Crippen molar-refractivity contribution in [1.82, 2.24) is 14.8 Å². The van der Waals surface area contributed by atoms with Crippen LogP contribution in [0.5, 0.6) is 0 Å². The lowest BCUT2D eigenvalue weighted by Gasteiger charge is -2.29. The number of aromatic nitrogens is 3. The van der Waals surface area contributed by atoms with Crippen LogP contribution in [0.25, 0.3) is 16.6 Å². The number of urea groups is 1. The molecule has 2 amide bonds. The maximum Gasteiger partial charge on any atom is 0.329 e. The summed E-state index contributed by atoms with van der Waals surface area (Å²) >= 11 is 0. The van der Waals surface area contributed by atoms with Gasteiger partial charge in [-0.3, -0.25) is 14.8 Å². The number of ether oxygens (including phenoxy) is 1. The smallest absolute Gasteiger partial charge is 0.329 e. The highest BCUT2D eigenvalue weighted by Crippen LogP contribution is 2.33. The van der Waals surface area contributed by atoms with E-state index in [9.17, 15) is 9.18 Å². The zero-order valence-electron chi connectivity index (χ0n) is 18.5. The summed E-state index contributed by atoms with van der Waals surface area (Å²) in [7, 11) is 0. The standard InChI is InChI=1S/C25H23FN6O2/c26-21-4-1-2-5-24(21)32-23-7-3-6-22(20(23)17-28-32)31-9-8-30(25(31)33)19-14-18(15-27-16-19)29-10-12-34-13-11-29/h1-7,14-17H,8-13H2. The fourth-order valence-electron chi connectivity index (χ4n) is 4.64. The zero-order valence-corrected chi connectivity index (χ0v) is 18.5. The van der Waals surface area contributed by atoms with Gasteiger partial charge in [0.2, 0.25) is 0 Å². The van der Waals surface area contributed by atoms with Crippen molar-refractivity contribution in [2.45, 2.75) is 0 Å². The van der Waals surface area contributed by atoms with Crippen molar-refractivity contribution >= 4 is 34.0 Å². The number of nitrogens with zero attached hydrogens (tertiary/aromatic N) is 6. The van der Waals surface area contributed by atoms with Crippen LogP contribution < -0.4 is 14.7 Å². The maximum atomic E-state index is 14.4. The molecule has 0 radical (unpaired) electrons.